The van der Waals surface area contributed by atoms with Gasteiger partial charge in [0.15, 0.2) is 0 Å². The predicted molar refractivity (Wildman–Crippen MR) is 89.3 cm³/mol. The first-order valence-electron chi connectivity index (χ1n) is 7.73. The lowest BCUT2D eigenvalue weighted by Crippen LogP contribution is -2.40. The number of fused-ring (bicyclic) bond motifs is 1. The van der Waals surface area contributed by atoms with Crippen molar-refractivity contribution in [3.8, 4) is 5.75 Å². The van der Waals surface area contributed by atoms with Gasteiger partial charge in [-0.2, -0.15) is 0 Å². The Morgan fingerprint density at radius 3 is 2.62 bits per heavy atom. The van der Waals surface area contributed by atoms with Gasteiger partial charge in [0.05, 0.1) is 12.4 Å². The molecule has 21 heavy (non-hydrogen) atoms. The van der Waals surface area contributed by atoms with Gasteiger partial charge in [0.2, 0.25) is 0 Å². The summed E-state index contributed by atoms with van der Waals surface area (Å²) in [4.78, 5) is 0. The van der Waals surface area contributed by atoms with E-state index in [1.54, 1.807) is 7.11 Å². The van der Waals surface area contributed by atoms with E-state index in [0.717, 1.165) is 18.6 Å². The Labute approximate surface area is 130 Å². The van der Waals surface area contributed by atoms with Gasteiger partial charge in [0.25, 0.3) is 0 Å². The Bertz CT molecular complexity index is 516. The van der Waals surface area contributed by atoms with E-state index in [2.05, 4.69) is 38.2 Å². The highest BCUT2D eigenvalue weighted by Crippen LogP contribution is 2.36. The third kappa shape index (κ3) is 3.32. The summed E-state index contributed by atoms with van der Waals surface area (Å²) in [5.41, 5.74) is 2.60. The van der Waals surface area contributed by atoms with Crippen LogP contribution in [0.1, 0.15) is 44.4 Å². The van der Waals surface area contributed by atoms with Crippen molar-refractivity contribution < 1.29 is 8.95 Å². The monoisotopic (exact) mass is 309 g/mol. The van der Waals surface area contributed by atoms with Gasteiger partial charge in [-0.1, -0.05) is 26.8 Å². The molecule has 0 saturated carbocycles. The van der Waals surface area contributed by atoms with Crippen LogP contribution in [0.4, 0.5) is 0 Å². The number of ether oxygens (including phenoxy) is 1. The minimum Gasteiger partial charge on any atom is -0.497 e. The van der Waals surface area contributed by atoms with Crippen molar-refractivity contribution in [3.63, 3.8) is 0 Å². The van der Waals surface area contributed by atoms with Crippen LogP contribution in [0, 0.1) is 5.92 Å². The molecule has 1 N–H and O–H groups in total. The topological polar surface area (TPSA) is 38.3 Å². The van der Waals surface area contributed by atoms with Crippen molar-refractivity contribution in [2.45, 2.75) is 50.2 Å². The molecule has 0 fully saturated rings. The van der Waals surface area contributed by atoms with Crippen LogP contribution in [0.3, 0.4) is 0 Å². The Hall–Kier alpha value is -0.870. The molecule has 3 nitrogen and oxygen atoms in total. The Morgan fingerprint density at radius 1 is 1.33 bits per heavy atom. The SMILES string of the molecule is CNC1c2ccc(OC)cc2CCC1S(=O)C(C)C(C)C. The first-order chi connectivity index (χ1) is 9.99. The fraction of sp³-hybridized carbons (Fsp3) is 0.647. The second-order valence-corrected chi connectivity index (χ2v) is 8.19. The van der Waals surface area contributed by atoms with E-state index in [0.29, 0.717) is 5.92 Å². The summed E-state index contributed by atoms with van der Waals surface area (Å²) in [5, 5.41) is 3.80. The molecular weight excluding hydrogens is 282 g/mol. The summed E-state index contributed by atoms with van der Waals surface area (Å²) in [5.74, 6) is 1.35. The highest BCUT2D eigenvalue weighted by molar-refractivity contribution is 7.86. The van der Waals surface area contributed by atoms with E-state index in [-0.39, 0.29) is 16.5 Å². The molecular formula is C17H27NO2S. The lowest BCUT2D eigenvalue weighted by molar-refractivity contribution is 0.412. The molecule has 4 unspecified atom stereocenters. The Kier molecular flexibility index (Phi) is 5.44. The average Bonchev–Trinajstić information content (AvgIpc) is 2.51. The first-order valence-corrected chi connectivity index (χ1v) is 9.00. The van der Waals surface area contributed by atoms with Crippen LogP contribution >= 0.6 is 0 Å². The van der Waals surface area contributed by atoms with Gasteiger partial charge >= 0.3 is 0 Å². The highest BCUT2D eigenvalue weighted by atomic mass is 32.2. The van der Waals surface area contributed by atoms with E-state index < -0.39 is 10.8 Å². The quantitative estimate of drug-likeness (QED) is 0.908. The molecule has 4 atom stereocenters. The van der Waals surface area contributed by atoms with Crippen molar-refractivity contribution in [2.75, 3.05) is 14.2 Å². The lowest BCUT2D eigenvalue weighted by atomic mass is 9.87. The van der Waals surface area contributed by atoms with E-state index in [1.807, 2.05) is 13.1 Å². The van der Waals surface area contributed by atoms with Crippen LogP contribution in [0.15, 0.2) is 18.2 Å². The van der Waals surface area contributed by atoms with Crippen LogP contribution in [0.25, 0.3) is 0 Å². The molecule has 1 aliphatic rings. The number of nitrogens with one attached hydrogen (secondary N) is 1. The average molecular weight is 309 g/mol. The fourth-order valence-corrected chi connectivity index (χ4v) is 5.02. The second kappa shape index (κ2) is 6.93. The summed E-state index contributed by atoms with van der Waals surface area (Å²) < 4.78 is 18.2. The zero-order valence-electron chi connectivity index (χ0n) is 13.7. The normalized spacial score (nSPS) is 24.5. The van der Waals surface area contributed by atoms with Crippen LogP contribution in [-0.2, 0) is 17.2 Å². The summed E-state index contributed by atoms with van der Waals surface area (Å²) >= 11 is 0. The van der Waals surface area contributed by atoms with Crippen molar-refractivity contribution >= 4 is 10.8 Å². The van der Waals surface area contributed by atoms with Crippen molar-refractivity contribution in [2.24, 2.45) is 5.92 Å². The van der Waals surface area contributed by atoms with Crippen molar-refractivity contribution in [1.82, 2.24) is 5.32 Å². The molecule has 0 amide bonds. The molecule has 0 spiro atoms. The van der Waals surface area contributed by atoms with Crippen molar-refractivity contribution in [3.05, 3.63) is 29.3 Å². The van der Waals surface area contributed by atoms with Crippen LogP contribution < -0.4 is 10.1 Å². The number of rotatable bonds is 5. The standard InChI is InChI=1S/C17H27NO2S/c1-11(2)12(3)21(19)16-9-6-13-10-14(20-5)7-8-15(13)17(16)18-4/h7-8,10-12,16-18H,6,9H2,1-5H3. The minimum atomic E-state index is -0.819. The van der Waals surface area contributed by atoms with Crippen molar-refractivity contribution in [1.29, 1.82) is 0 Å². The van der Waals surface area contributed by atoms with Gasteiger partial charge in [0.1, 0.15) is 5.75 Å². The predicted octanol–water partition coefficient (Wildman–Crippen LogP) is 3.06. The number of hydrogen-bond acceptors (Lipinski definition) is 3. The van der Waals surface area contributed by atoms with Gasteiger partial charge in [0, 0.05) is 22.1 Å². The summed E-state index contributed by atoms with van der Waals surface area (Å²) in [6.45, 7) is 6.41. The molecule has 118 valence electrons. The maximum Gasteiger partial charge on any atom is 0.119 e. The zero-order valence-corrected chi connectivity index (χ0v) is 14.5. The number of benzene rings is 1. The van der Waals surface area contributed by atoms with Crippen LogP contribution in [0.2, 0.25) is 0 Å². The summed E-state index contributed by atoms with van der Waals surface area (Å²) in [6.07, 6.45) is 1.95. The van der Waals surface area contributed by atoms with Gasteiger partial charge in [-0.3, -0.25) is 4.21 Å². The molecule has 0 bridgehead atoms. The molecule has 0 aromatic heterocycles. The third-order valence-electron chi connectivity index (χ3n) is 4.67. The molecule has 0 radical (unpaired) electrons. The largest absolute Gasteiger partial charge is 0.497 e. The minimum absolute atomic E-state index is 0.168. The zero-order chi connectivity index (χ0) is 15.6. The Morgan fingerprint density at radius 2 is 2.05 bits per heavy atom. The summed E-state index contributed by atoms with van der Waals surface area (Å²) in [7, 11) is 2.84. The van der Waals surface area contributed by atoms with Crippen LogP contribution in [0.5, 0.6) is 5.75 Å². The lowest BCUT2D eigenvalue weighted by Gasteiger charge is -2.35. The van der Waals surface area contributed by atoms with E-state index in [9.17, 15) is 4.21 Å². The third-order valence-corrected chi connectivity index (χ3v) is 7.05. The van der Waals surface area contributed by atoms with Crippen LogP contribution in [-0.4, -0.2) is 28.9 Å². The Balaban J connectivity index is 2.29. The van der Waals surface area contributed by atoms with Gasteiger partial charge < -0.3 is 10.1 Å². The maximum absolute atomic E-state index is 12.9. The smallest absolute Gasteiger partial charge is 0.119 e. The molecule has 0 heterocycles. The van der Waals surface area contributed by atoms with Gasteiger partial charge in [-0.05, 0) is 49.1 Å². The highest BCUT2D eigenvalue weighted by Gasteiger charge is 2.35. The molecule has 0 saturated heterocycles. The molecule has 1 aromatic carbocycles. The fourth-order valence-electron chi connectivity index (χ4n) is 3.03. The molecule has 1 aliphatic carbocycles. The van der Waals surface area contributed by atoms with Gasteiger partial charge in [-0.15, -0.1) is 0 Å². The van der Waals surface area contributed by atoms with Gasteiger partial charge in [-0.25, -0.2) is 0 Å². The molecule has 0 aliphatic heterocycles. The number of methoxy groups -OCH3 is 1. The van der Waals surface area contributed by atoms with E-state index in [4.69, 9.17) is 4.74 Å². The number of aryl methyl sites for hydroxylation is 1. The summed E-state index contributed by atoms with van der Waals surface area (Å²) in [6, 6.07) is 6.41. The molecule has 4 heteroatoms. The van der Waals surface area contributed by atoms with E-state index >= 15 is 0 Å². The molecule has 1 aromatic rings. The maximum atomic E-state index is 12.9. The second-order valence-electron chi connectivity index (χ2n) is 6.19. The number of hydrogen-bond donors (Lipinski definition) is 1. The molecule has 2 rings (SSSR count). The first kappa shape index (κ1) is 16.5. The van der Waals surface area contributed by atoms with E-state index in [1.165, 1.54) is 11.1 Å².